The number of nitro groups is 1. The first-order chi connectivity index (χ1) is 16.5. The van der Waals surface area contributed by atoms with E-state index in [1.807, 2.05) is 6.07 Å². The van der Waals surface area contributed by atoms with Gasteiger partial charge in [0.1, 0.15) is 11.4 Å². The van der Waals surface area contributed by atoms with Crippen molar-refractivity contribution < 1.29 is 19.3 Å². The van der Waals surface area contributed by atoms with Gasteiger partial charge < -0.3 is 5.32 Å². The smallest absolute Gasteiger partial charge is 0.332 e. The predicted octanol–water partition coefficient (Wildman–Crippen LogP) is 2.79. The van der Waals surface area contributed by atoms with Gasteiger partial charge in [-0.05, 0) is 36.8 Å². The SMILES string of the molecule is O=C(NCc1ccccn1)c1ccc(N2CCCN(C(=O)c3ccccc3[N+](=O)[O-])C2=O)nc1. The molecule has 1 fully saturated rings. The van der Waals surface area contributed by atoms with Crippen molar-refractivity contribution >= 4 is 29.4 Å². The molecule has 1 aliphatic rings. The van der Waals surface area contributed by atoms with E-state index in [1.165, 1.54) is 47.5 Å². The van der Waals surface area contributed by atoms with Gasteiger partial charge in [-0.3, -0.25) is 34.5 Å². The Kier molecular flexibility index (Phi) is 6.53. The molecule has 0 aliphatic carbocycles. The van der Waals surface area contributed by atoms with Gasteiger partial charge in [0.2, 0.25) is 0 Å². The Hall–Kier alpha value is -4.67. The lowest BCUT2D eigenvalue weighted by Gasteiger charge is -2.33. The van der Waals surface area contributed by atoms with Crippen LogP contribution in [0.5, 0.6) is 0 Å². The zero-order valence-corrected chi connectivity index (χ0v) is 18.0. The summed E-state index contributed by atoms with van der Waals surface area (Å²) in [6.07, 6.45) is 3.45. The quantitative estimate of drug-likeness (QED) is 0.441. The molecule has 3 aromatic rings. The molecule has 172 valence electrons. The minimum Gasteiger partial charge on any atom is -0.346 e. The summed E-state index contributed by atoms with van der Waals surface area (Å²) >= 11 is 0. The van der Waals surface area contributed by atoms with Crippen LogP contribution in [-0.2, 0) is 6.54 Å². The van der Waals surface area contributed by atoms with E-state index in [1.54, 1.807) is 18.3 Å². The van der Waals surface area contributed by atoms with Gasteiger partial charge in [0, 0.05) is 31.5 Å². The highest BCUT2D eigenvalue weighted by molar-refractivity contribution is 6.10. The van der Waals surface area contributed by atoms with E-state index in [0.717, 1.165) is 4.90 Å². The number of rotatable bonds is 6. The molecule has 1 N–H and O–H groups in total. The van der Waals surface area contributed by atoms with Crippen molar-refractivity contribution in [3.8, 4) is 0 Å². The third kappa shape index (κ3) is 4.72. The second-order valence-corrected chi connectivity index (χ2v) is 7.43. The van der Waals surface area contributed by atoms with Crippen molar-refractivity contribution in [2.24, 2.45) is 0 Å². The molecule has 0 radical (unpaired) electrons. The third-order valence-corrected chi connectivity index (χ3v) is 5.24. The van der Waals surface area contributed by atoms with E-state index < -0.39 is 16.9 Å². The van der Waals surface area contributed by atoms with Crippen LogP contribution >= 0.6 is 0 Å². The molecule has 3 heterocycles. The van der Waals surface area contributed by atoms with Gasteiger partial charge >= 0.3 is 6.03 Å². The maximum Gasteiger partial charge on any atom is 0.332 e. The monoisotopic (exact) mass is 460 g/mol. The number of hydrogen-bond donors (Lipinski definition) is 1. The van der Waals surface area contributed by atoms with E-state index in [0.29, 0.717) is 24.2 Å². The molecule has 11 heteroatoms. The number of carbonyl (C=O) groups excluding carboxylic acids is 3. The number of nitro benzene ring substituents is 1. The highest BCUT2D eigenvalue weighted by atomic mass is 16.6. The molecule has 1 aromatic carbocycles. The summed E-state index contributed by atoms with van der Waals surface area (Å²) in [6, 6.07) is 13.3. The van der Waals surface area contributed by atoms with Crippen molar-refractivity contribution in [3.05, 3.63) is 93.9 Å². The number of aromatic nitrogens is 2. The second kappa shape index (κ2) is 9.86. The van der Waals surface area contributed by atoms with Crippen LogP contribution in [0.4, 0.5) is 16.3 Å². The number of benzene rings is 1. The Morgan fingerprint density at radius 2 is 1.82 bits per heavy atom. The highest BCUT2D eigenvalue weighted by Crippen LogP contribution is 2.24. The topological polar surface area (TPSA) is 139 Å². The van der Waals surface area contributed by atoms with Crippen molar-refractivity contribution in [1.82, 2.24) is 20.2 Å². The Bertz CT molecular complexity index is 1230. The maximum atomic E-state index is 13.0. The molecule has 2 aromatic heterocycles. The fourth-order valence-corrected chi connectivity index (χ4v) is 3.54. The lowest BCUT2D eigenvalue weighted by atomic mass is 10.1. The van der Waals surface area contributed by atoms with Gasteiger partial charge in [-0.1, -0.05) is 18.2 Å². The molecule has 1 aliphatic heterocycles. The molecular formula is C23H20N6O5. The third-order valence-electron chi connectivity index (χ3n) is 5.24. The Morgan fingerprint density at radius 3 is 2.53 bits per heavy atom. The van der Waals surface area contributed by atoms with Crippen LogP contribution in [0.1, 0.15) is 32.8 Å². The number of amides is 4. The molecule has 0 atom stereocenters. The van der Waals surface area contributed by atoms with Gasteiger partial charge in [-0.15, -0.1) is 0 Å². The number of para-hydroxylation sites is 1. The first-order valence-electron chi connectivity index (χ1n) is 10.5. The summed E-state index contributed by atoms with van der Waals surface area (Å²) in [5.41, 5.74) is 0.493. The molecule has 1 saturated heterocycles. The van der Waals surface area contributed by atoms with Crippen molar-refractivity contribution in [1.29, 1.82) is 0 Å². The molecule has 4 rings (SSSR count). The number of pyridine rings is 2. The van der Waals surface area contributed by atoms with Crippen molar-refractivity contribution in [3.63, 3.8) is 0 Å². The van der Waals surface area contributed by atoms with Crippen LogP contribution in [0, 0.1) is 10.1 Å². The number of urea groups is 1. The lowest BCUT2D eigenvalue weighted by molar-refractivity contribution is -0.385. The number of hydrogen-bond acceptors (Lipinski definition) is 7. The zero-order chi connectivity index (χ0) is 24.1. The first kappa shape index (κ1) is 22.5. The largest absolute Gasteiger partial charge is 0.346 e. The summed E-state index contributed by atoms with van der Waals surface area (Å²) in [5.74, 6) is -0.818. The first-order valence-corrected chi connectivity index (χ1v) is 10.5. The van der Waals surface area contributed by atoms with E-state index in [-0.39, 0.29) is 36.1 Å². The summed E-state index contributed by atoms with van der Waals surface area (Å²) in [7, 11) is 0. The average molecular weight is 460 g/mol. The molecular weight excluding hydrogens is 440 g/mol. The summed E-state index contributed by atoms with van der Waals surface area (Å²) < 4.78 is 0. The maximum absolute atomic E-state index is 13.0. The van der Waals surface area contributed by atoms with E-state index in [4.69, 9.17) is 0 Å². The normalized spacial score (nSPS) is 13.5. The van der Waals surface area contributed by atoms with Crippen LogP contribution < -0.4 is 10.2 Å². The average Bonchev–Trinajstić information content (AvgIpc) is 2.87. The fourth-order valence-electron chi connectivity index (χ4n) is 3.54. The Balaban J connectivity index is 1.46. The highest BCUT2D eigenvalue weighted by Gasteiger charge is 2.35. The van der Waals surface area contributed by atoms with Crippen molar-refractivity contribution in [2.45, 2.75) is 13.0 Å². The summed E-state index contributed by atoms with van der Waals surface area (Å²) in [4.78, 5) is 59.6. The second-order valence-electron chi connectivity index (χ2n) is 7.43. The van der Waals surface area contributed by atoms with Crippen LogP contribution in [0.3, 0.4) is 0 Å². The van der Waals surface area contributed by atoms with Crippen LogP contribution in [-0.4, -0.2) is 50.7 Å². The van der Waals surface area contributed by atoms with Gasteiger partial charge in [-0.2, -0.15) is 0 Å². The summed E-state index contributed by atoms with van der Waals surface area (Å²) in [5, 5.41) is 14.0. The predicted molar refractivity (Wildman–Crippen MR) is 121 cm³/mol. The van der Waals surface area contributed by atoms with Crippen LogP contribution in [0.15, 0.2) is 67.0 Å². The Morgan fingerprint density at radius 1 is 1.03 bits per heavy atom. The number of imide groups is 1. The number of anilines is 1. The zero-order valence-electron chi connectivity index (χ0n) is 18.0. The van der Waals surface area contributed by atoms with Gasteiger partial charge in [-0.25, -0.2) is 9.78 Å². The Labute approximate surface area is 194 Å². The van der Waals surface area contributed by atoms with Gasteiger partial charge in [0.15, 0.2) is 0 Å². The van der Waals surface area contributed by atoms with Crippen LogP contribution in [0.25, 0.3) is 0 Å². The van der Waals surface area contributed by atoms with E-state index in [2.05, 4.69) is 15.3 Å². The molecule has 11 nitrogen and oxygen atoms in total. The molecule has 0 spiro atoms. The fraction of sp³-hybridized carbons (Fsp3) is 0.174. The lowest BCUT2D eigenvalue weighted by Crippen LogP contribution is -2.52. The summed E-state index contributed by atoms with van der Waals surface area (Å²) in [6.45, 7) is 0.709. The minimum atomic E-state index is -0.743. The standard InChI is InChI=1S/C23H20N6O5/c30-21(26-15-17-6-3-4-11-24-17)16-9-10-20(25-14-16)27-12-5-13-28(23(27)32)22(31)18-7-1-2-8-19(18)29(33)34/h1-4,6-11,14H,5,12-13,15H2,(H,26,30). The van der Waals surface area contributed by atoms with Crippen LogP contribution in [0.2, 0.25) is 0 Å². The number of carbonyl (C=O) groups is 3. The van der Waals surface area contributed by atoms with E-state index in [9.17, 15) is 24.5 Å². The molecule has 0 unspecified atom stereocenters. The molecule has 4 amide bonds. The number of nitrogens with zero attached hydrogens (tertiary/aromatic N) is 5. The van der Waals surface area contributed by atoms with E-state index >= 15 is 0 Å². The van der Waals surface area contributed by atoms with Gasteiger partial charge in [0.05, 0.1) is 22.7 Å². The van der Waals surface area contributed by atoms with Gasteiger partial charge in [0.25, 0.3) is 17.5 Å². The molecule has 0 bridgehead atoms. The minimum absolute atomic E-state index is 0.133. The molecule has 0 saturated carbocycles. The number of nitrogens with one attached hydrogen (secondary N) is 1. The molecule has 34 heavy (non-hydrogen) atoms. The van der Waals surface area contributed by atoms with Crippen molar-refractivity contribution in [2.75, 3.05) is 18.0 Å².